The van der Waals surface area contributed by atoms with Crippen LogP contribution >= 0.6 is 0 Å². The Labute approximate surface area is 129 Å². The number of piperidine rings is 1. The monoisotopic (exact) mass is 292 g/mol. The van der Waals surface area contributed by atoms with Gasteiger partial charge in [-0.05, 0) is 51.8 Å². The van der Waals surface area contributed by atoms with E-state index in [1.807, 2.05) is 0 Å². The fourth-order valence-electron chi connectivity index (χ4n) is 3.24. The van der Waals surface area contributed by atoms with E-state index in [0.29, 0.717) is 6.04 Å². The fraction of sp³-hybridized carbons (Fsp3) is 0.824. The predicted molar refractivity (Wildman–Crippen MR) is 88.5 cm³/mol. The number of rotatable bonds is 8. The number of nitrogens with one attached hydrogen (secondary N) is 1. The highest BCUT2D eigenvalue weighted by atomic mass is 15.3. The standard InChI is InChI=1S/C17H32N4/c1-4-10-18-13-16-9-7-8-11-20(16)14-17-12-15(5-2)19-21(17)6-3/h12,16,18H,4-11,13-14H2,1-3H3. The Morgan fingerprint density at radius 2 is 2.14 bits per heavy atom. The van der Waals surface area contributed by atoms with Crippen molar-refractivity contribution in [3.63, 3.8) is 0 Å². The topological polar surface area (TPSA) is 33.1 Å². The highest BCUT2D eigenvalue weighted by Crippen LogP contribution is 2.20. The Hall–Kier alpha value is -0.870. The van der Waals surface area contributed by atoms with Gasteiger partial charge in [-0.2, -0.15) is 5.10 Å². The molecule has 1 saturated heterocycles. The van der Waals surface area contributed by atoms with E-state index in [1.165, 1.54) is 43.6 Å². The van der Waals surface area contributed by atoms with Gasteiger partial charge in [-0.1, -0.05) is 20.3 Å². The summed E-state index contributed by atoms with van der Waals surface area (Å²) in [4.78, 5) is 2.66. The van der Waals surface area contributed by atoms with E-state index in [0.717, 1.165) is 32.6 Å². The summed E-state index contributed by atoms with van der Waals surface area (Å²) < 4.78 is 2.18. The van der Waals surface area contributed by atoms with Crippen molar-refractivity contribution >= 4 is 0 Å². The average molecular weight is 292 g/mol. The second kappa shape index (κ2) is 8.54. The van der Waals surface area contributed by atoms with Crippen LogP contribution in [0, 0.1) is 0 Å². The van der Waals surface area contributed by atoms with Gasteiger partial charge < -0.3 is 5.32 Å². The summed E-state index contributed by atoms with van der Waals surface area (Å²) in [6.45, 7) is 12.1. The van der Waals surface area contributed by atoms with Crippen LogP contribution in [-0.4, -0.2) is 40.4 Å². The van der Waals surface area contributed by atoms with Crippen molar-refractivity contribution in [3.8, 4) is 0 Å². The van der Waals surface area contributed by atoms with E-state index in [2.05, 4.69) is 46.8 Å². The maximum Gasteiger partial charge on any atom is 0.0625 e. The average Bonchev–Trinajstić information content (AvgIpc) is 2.91. The first-order chi connectivity index (χ1) is 10.3. The molecule has 4 nitrogen and oxygen atoms in total. The highest BCUT2D eigenvalue weighted by Gasteiger charge is 2.23. The molecule has 2 rings (SSSR count). The van der Waals surface area contributed by atoms with Gasteiger partial charge >= 0.3 is 0 Å². The van der Waals surface area contributed by atoms with Crippen LogP contribution < -0.4 is 5.32 Å². The van der Waals surface area contributed by atoms with E-state index in [1.54, 1.807) is 0 Å². The quantitative estimate of drug-likeness (QED) is 0.748. The molecular formula is C17H32N4. The predicted octanol–water partition coefficient (Wildman–Crippen LogP) is 2.82. The van der Waals surface area contributed by atoms with Crippen molar-refractivity contribution in [1.29, 1.82) is 0 Å². The van der Waals surface area contributed by atoms with Crippen LogP contribution in [0.25, 0.3) is 0 Å². The van der Waals surface area contributed by atoms with Crippen LogP contribution in [-0.2, 0) is 19.5 Å². The summed E-state index contributed by atoms with van der Waals surface area (Å²) >= 11 is 0. The molecule has 21 heavy (non-hydrogen) atoms. The molecule has 0 spiro atoms. The van der Waals surface area contributed by atoms with Crippen LogP contribution in [0.4, 0.5) is 0 Å². The fourth-order valence-corrected chi connectivity index (χ4v) is 3.24. The van der Waals surface area contributed by atoms with Gasteiger partial charge in [-0.15, -0.1) is 0 Å². The molecule has 4 heteroatoms. The van der Waals surface area contributed by atoms with Crippen LogP contribution in [0.1, 0.15) is 57.8 Å². The molecule has 0 aliphatic carbocycles. The smallest absolute Gasteiger partial charge is 0.0625 e. The van der Waals surface area contributed by atoms with E-state index >= 15 is 0 Å². The van der Waals surface area contributed by atoms with Gasteiger partial charge in [0.2, 0.25) is 0 Å². The molecule has 1 unspecified atom stereocenters. The van der Waals surface area contributed by atoms with Crippen molar-refractivity contribution < 1.29 is 0 Å². The molecule has 2 heterocycles. The van der Waals surface area contributed by atoms with Gasteiger partial charge in [0.15, 0.2) is 0 Å². The molecule has 120 valence electrons. The minimum atomic E-state index is 0.690. The maximum atomic E-state index is 4.69. The number of aryl methyl sites for hydroxylation is 2. The molecule has 0 amide bonds. The zero-order valence-corrected chi connectivity index (χ0v) is 14.1. The highest BCUT2D eigenvalue weighted by molar-refractivity contribution is 5.11. The van der Waals surface area contributed by atoms with Crippen LogP contribution in [0.15, 0.2) is 6.07 Å². The number of nitrogens with zero attached hydrogens (tertiary/aromatic N) is 3. The first kappa shape index (κ1) is 16.5. The molecule has 0 bridgehead atoms. The van der Waals surface area contributed by atoms with Crippen LogP contribution in [0.3, 0.4) is 0 Å². The van der Waals surface area contributed by atoms with Gasteiger partial charge in [0.1, 0.15) is 0 Å². The molecule has 1 fully saturated rings. The van der Waals surface area contributed by atoms with E-state index in [4.69, 9.17) is 0 Å². The van der Waals surface area contributed by atoms with Gasteiger partial charge in [-0.25, -0.2) is 0 Å². The molecular weight excluding hydrogens is 260 g/mol. The van der Waals surface area contributed by atoms with Gasteiger partial charge in [-0.3, -0.25) is 9.58 Å². The molecule has 1 aromatic rings. The largest absolute Gasteiger partial charge is 0.315 e. The Kier molecular flexibility index (Phi) is 6.71. The second-order valence-electron chi connectivity index (χ2n) is 6.12. The minimum Gasteiger partial charge on any atom is -0.315 e. The summed E-state index contributed by atoms with van der Waals surface area (Å²) in [6, 6.07) is 2.99. The Bertz CT molecular complexity index is 413. The molecule has 1 N–H and O–H groups in total. The molecule has 0 aromatic carbocycles. The van der Waals surface area contributed by atoms with Crippen molar-refractivity contribution in [2.24, 2.45) is 0 Å². The zero-order valence-electron chi connectivity index (χ0n) is 14.1. The first-order valence-electron chi connectivity index (χ1n) is 8.78. The number of aromatic nitrogens is 2. The number of hydrogen-bond acceptors (Lipinski definition) is 3. The normalized spacial score (nSPS) is 20.0. The number of likely N-dealkylation sites (tertiary alicyclic amines) is 1. The van der Waals surface area contributed by atoms with Crippen LogP contribution in [0.5, 0.6) is 0 Å². The van der Waals surface area contributed by atoms with Gasteiger partial charge in [0.05, 0.1) is 11.4 Å². The summed E-state index contributed by atoms with van der Waals surface area (Å²) in [5, 5.41) is 8.29. The van der Waals surface area contributed by atoms with E-state index < -0.39 is 0 Å². The third-order valence-electron chi connectivity index (χ3n) is 4.50. The summed E-state index contributed by atoms with van der Waals surface area (Å²) in [5.74, 6) is 0. The Balaban J connectivity index is 1.99. The zero-order chi connectivity index (χ0) is 15.1. The summed E-state index contributed by atoms with van der Waals surface area (Å²) in [7, 11) is 0. The minimum absolute atomic E-state index is 0.690. The van der Waals surface area contributed by atoms with Crippen molar-refractivity contribution in [1.82, 2.24) is 20.0 Å². The molecule has 1 aliphatic rings. The van der Waals surface area contributed by atoms with Gasteiger partial charge in [0.25, 0.3) is 0 Å². The van der Waals surface area contributed by atoms with Crippen molar-refractivity contribution in [2.75, 3.05) is 19.6 Å². The lowest BCUT2D eigenvalue weighted by atomic mass is 10.0. The van der Waals surface area contributed by atoms with Gasteiger partial charge in [0, 0.05) is 25.7 Å². The first-order valence-corrected chi connectivity index (χ1v) is 8.78. The summed E-state index contributed by atoms with van der Waals surface area (Å²) in [6.07, 6.45) is 6.29. The van der Waals surface area contributed by atoms with E-state index in [9.17, 15) is 0 Å². The lowest BCUT2D eigenvalue weighted by Crippen LogP contribution is -2.45. The maximum absolute atomic E-state index is 4.69. The third kappa shape index (κ3) is 4.55. The Morgan fingerprint density at radius 3 is 2.86 bits per heavy atom. The van der Waals surface area contributed by atoms with Crippen molar-refractivity contribution in [2.45, 2.75) is 72.0 Å². The molecule has 1 atom stereocenters. The third-order valence-corrected chi connectivity index (χ3v) is 4.50. The molecule has 1 aliphatic heterocycles. The van der Waals surface area contributed by atoms with E-state index in [-0.39, 0.29) is 0 Å². The Morgan fingerprint density at radius 1 is 1.29 bits per heavy atom. The molecule has 1 aromatic heterocycles. The molecule has 0 saturated carbocycles. The van der Waals surface area contributed by atoms with Crippen LogP contribution in [0.2, 0.25) is 0 Å². The second-order valence-corrected chi connectivity index (χ2v) is 6.12. The lowest BCUT2D eigenvalue weighted by molar-refractivity contribution is 0.134. The van der Waals surface area contributed by atoms with Crippen molar-refractivity contribution in [3.05, 3.63) is 17.5 Å². The molecule has 0 radical (unpaired) electrons. The lowest BCUT2D eigenvalue weighted by Gasteiger charge is -2.36. The number of hydrogen-bond donors (Lipinski definition) is 1. The summed E-state index contributed by atoms with van der Waals surface area (Å²) in [5.41, 5.74) is 2.61. The SMILES string of the molecule is CCCNCC1CCCCN1Cc1cc(CC)nn1CC.